The highest BCUT2D eigenvalue weighted by Gasteiger charge is 2.26. The van der Waals surface area contributed by atoms with Crippen molar-refractivity contribution in [3.05, 3.63) is 12.4 Å². The highest BCUT2D eigenvalue weighted by molar-refractivity contribution is 7.92. The number of ether oxygens (including phenoxy) is 2. The van der Waals surface area contributed by atoms with Crippen molar-refractivity contribution in [2.75, 3.05) is 11.0 Å². The number of hydrogen-bond acceptors (Lipinski definition) is 5. The maximum atomic E-state index is 11.3. The van der Waals surface area contributed by atoms with Gasteiger partial charge in [0.25, 0.3) is 0 Å². The van der Waals surface area contributed by atoms with Crippen LogP contribution in [-0.2, 0) is 10.0 Å². The molecule has 1 saturated carbocycles. The summed E-state index contributed by atoms with van der Waals surface area (Å²) in [5.41, 5.74) is 0.300. The van der Waals surface area contributed by atoms with Crippen molar-refractivity contribution in [2.24, 2.45) is 0 Å². The molecule has 6 nitrogen and oxygen atoms in total. The lowest BCUT2D eigenvalue weighted by atomic mass is 10.3. The number of nitrogens with one attached hydrogen (secondary N) is 1. The van der Waals surface area contributed by atoms with Crippen molar-refractivity contribution >= 4 is 15.7 Å². The minimum atomic E-state index is -3.39. The van der Waals surface area contributed by atoms with E-state index in [1.165, 1.54) is 6.20 Å². The van der Waals surface area contributed by atoms with Gasteiger partial charge in [-0.3, -0.25) is 9.71 Å². The molecule has 19 heavy (non-hydrogen) atoms. The lowest BCUT2D eigenvalue weighted by molar-refractivity contribution is 0.218. The zero-order valence-corrected chi connectivity index (χ0v) is 12.0. The Morgan fingerprint density at radius 2 is 2.05 bits per heavy atom. The van der Waals surface area contributed by atoms with E-state index in [1.807, 2.05) is 13.8 Å². The molecule has 1 aliphatic carbocycles. The molecule has 0 aromatic carbocycles. The molecule has 0 saturated heterocycles. The first-order valence-electron chi connectivity index (χ1n) is 6.14. The van der Waals surface area contributed by atoms with Crippen LogP contribution in [0.4, 0.5) is 5.69 Å². The Labute approximate surface area is 113 Å². The van der Waals surface area contributed by atoms with E-state index < -0.39 is 10.0 Å². The van der Waals surface area contributed by atoms with Gasteiger partial charge in [0.2, 0.25) is 10.0 Å². The van der Waals surface area contributed by atoms with Crippen molar-refractivity contribution in [1.29, 1.82) is 0 Å². The van der Waals surface area contributed by atoms with E-state index in [-0.39, 0.29) is 12.2 Å². The molecular formula is C12H18N2O4S. The Hall–Kier alpha value is -1.50. The minimum absolute atomic E-state index is 0.0935. The topological polar surface area (TPSA) is 77.5 Å². The summed E-state index contributed by atoms with van der Waals surface area (Å²) in [4.78, 5) is 3.99. The molecule has 0 atom stereocenters. The summed E-state index contributed by atoms with van der Waals surface area (Å²) in [6, 6.07) is 0. The van der Waals surface area contributed by atoms with Gasteiger partial charge >= 0.3 is 0 Å². The van der Waals surface area contributed by atoms with E-state index in [0.29, 0.717) is 17.2 Å². The molecule has 0 spiro atoms. The van der Waals surface area contributed by atoms with Crippen LogP contribution in [0.25, 0.3) is 0 Å². The highest BCUT2D eigenvalue weighted by Crippen LogP contribution is 2.38. The Balaban J connectivity index is 2.33. The maximum Gasteiger partial charge on any atom is 0.229 e. The second-order valence-corrected chi connectivity index (χ2v) is 6.62. The van der Waals surface area contributed by atoms with E-state index in [1.54, 1.807) is 6.20 Å². The van der Waals surface area contributed by atoms with Gasteiger partial charge in [0.15, 0.2) is 11.5 Å². The van der Waals surface area contributed by atoms with Crippen LogP contribution in [0.3, 0.4) is 0 Å². The van der Waals surface area contributed by atoms with Crippen molar-refractivity contribution in [3.63, 3.8) is 0 Å². The molecule has 0 amide bonds. The zero-order chi connectivity index (χ0) is 14.0. The number of rotatable bonds is 6. The molecule has 2 rings (SSSR count). The lowest BCUT2D eigenvalue weighted by Crippen LogP contribution is -2.14. The van der Waals surface area contributed by atoms with Crippen LogP contribution in [0.1, 0.15) is 26.7 Å². The molecule has 0 bridgehead atoms. The molecule has 1 aromatic rings. The highest BCUT2D eigenvalue weighted by atomic mass is 32.2. The van der Waals surface area contributed by atoms with Gasteiger partial charge in [0.05, 0.1) is 30.9 Å². The summed E-state index contributed by atoms with van der Waals surface area (Å²) in [5.74, 6) is 0.868. The summed E-state index contributed by atoms with van der Waals surface area (Å²) in [7, 11) is -3.39. The molecule has 1 fully saturated rings. The fourth-order valence-electron chi connectivity index (χ4n) is 1.51. The third-order valence-corrected chi connectivity index (χ3v) is 2.92. The number of anilines is 1. The molecule has 106 valence electrons. The Bertz CT molecular complexity index is 553. The molecule has 0 unspecified atom stereocenters. The van der Waals surface area contributed by atoms with E-state index >= 15 is 0 Å². The maximum absolute atomic E-state index is 11.3. The third-order valence-electron chi connectivity index (χ3n) is 2.33. The Morgan fingerprint density at radius 1 is 1.37 bits per heavy atom. The summed E-state index contributed by atoms with van der Waals surface area (Å²) >= 11 is 0. The van der Waals surface area contributed by atoms with Gasteiger partial charge in [0.1, 0.15) is 5.69 Å². The molecule has 7 heteroatoms. The van der Waals surface area contributed by atoms with Crippen LogP contribution in [0.2, 0.25) is 0 Å². The second kappa shape index (κ2) is 5.24. The number of pyridine rings is 1. The summed E-state index contributed by atoms with van der Waals surface area (Å²) in [6.07, 6.45) is 6.15. The smallest absolute Gasteiger partial charge is 0.229 e. The van der Waals surface area contributed by atoms with Gasteiger partial charge in [0, 0.05) is 0 Å². The van der Waals surface area contributed by atoms with E-state index in [0.717, 1.165) is 19.1 Å². The third kappa shape index (κ3) is 4.27. The van der Waals surface area contributed by atoms with Crippen LogP contribution in [0.15, 0.2) is 12.4 Å². The molecular weight excluding hydrogens is 268 g/mol. The molecule has 1 heterocycles. The quantitative estimate of drug-likeness (QED) is 0.862. The molecule has 0 radical (unpaired) electrons. The summed E-state index contributed by atoms with van der Waals surface area (Å²) < 4.78 is 36.4. The van der Waals surface area contributed by atoms with Gasteiger partial charge in [-0.15, -0.1) is 0 Å². The first-order valence-corrected chi connectivity index (χ1v) is 8.03. The normalized spacial score (nSPS) is 15.4. The van der Waals surface area contributed by atoms with Gasteiger partial charge < -0.3 is 9.47 Å². The monoisotopic (exact) mass is 286 g/mol. The van der Waals surface area contributed by atoms with Gasteiger partial charge in [-0.2, -0.15) is 0 Å². The van der Waals surface area contributed by atoms with Crippen molar-refractivity contribution in [3.8, 4) is 11.5 Å². The van der Waals surface area contributed by atoms with Crippen LogP contribution in [0.5, 0.6) is 11.5 Å². The van der Waals surface area contributed by atoms with E-state index in [4.69, 9.17) is 9.47 Å². The Morgan fingerprint density at radius 3 is 2.58 bits per heavy atom. The number of nitrogens with zero attached hydrogens (tertiary/aromatic N) is 1. The van der Waals surface area contributed by atoms with Crippen molar-refractivity contribution in [2.45, 2.75) is 38.9 Å². The fraction of sp³-hybridized carbons (Fsp3) is 0.583. The predicted molar refractivity (Wildman–Crippen MR) is 72.1 cm³/mol. The van der Waals surface area contributed by atoms with Gasteiger partial charge in [-0.05, 0) is 26.7 Å². The number of sulfonamides is 1. The SMILES string of the molecule is CC(C)Oc1c(NS(C)(=O)=O)cncc1OC1CC1. The Kier molecular flexibility index (Phi) is 3.84. The minimum Gasteiger partial charge on any atom is -0.485 e. The molecule has 0 aliphatic heterocycles. The standard InChI is InChI=1S/C12H18N2O4S/c1-8(2)17-12-10(14-19(3,15)16)6-13-7-11(12)18-9-4-5-9/h6-9,14H,4-5H2,1-3H3. The summed E-state index contributed by atoms with van der Waals surface area (Å²) in [6.45, 7) is 3.73. The van der Waals surface area contributed by atoms with Gasteiger partial charge in [-0.25, -0.2) is 8.42 Å². The molecule has 1 aromatic heterocycles. The number of hydrogen-bond donors (Lipinski definition) is 1. The summed E-state index contributed by atoms with van der Waals surface area (Å²) in [5, 5.41) is 0. The molecule has 1 N–H and O–H groups in total. The largest absolute Gasteiger partial charge is 0.485 e. The van der Waals surface area contributed by atoms with E-state index in [9.17, 15) is 8.42 Å². The van der Waals surface area contributed by atoms with Gasteiger partial charge in [-0.1, -0.05) is 0 Å². The first-order chi connectivity index (χ1) is 8.85. The second-order valence-electron chi connectivity index (χ2n) is 4.87. The first kappa shape index (κ1) is 13.9. The average molecular weight is 286 g/mol. The van der Waals surface area contributed by atoms with Crippen LogP contribution < -0.4 is 14.2 Å². The average Bonchev–Trinajstić information content (AvgIpc) is 3.04. The lowest BCUT2D eigenvalue weighted by Gasteiger charge is -2.18. The molecule has 1 aliphatic rings. The van der Waals surface area contributed by atoms with Crippen LogP contribution >= 0.6 is 0 Å². The van der Waals surface area contributed by atoms with Crippen LogP contribution in [0, 0.1) is 0 Å². The predicted octanol–water partition coefficient (Wildman–Crippen LogP) is 1.78. The number of aromatic nitrogens is 1. The van der Waals surface area contributed by atoms with Crippen molar-refractivity contribution < 1.29 is 17.9 Å². The zero-order valence-electron chi connectivity index (χ0n) is 11.2. The van der Waals surface area contributed by atoms with Crippen molar-refractivity contribution in [1.82, 2.24) is 4.98 Å². The van der Waals surface area contributed by atoms with E-state index in [2.05, 4.69) is 9.71 Å². The van der Waals surface area contributed by atoms with Crippen LogP contribution in [-0.4, -0.2) is 31.9 Å². The fourth-order valence-corrected chi connectivity index (χ4v) is 2.05.